The van der Waals surface area contributed by atoms with E-state index in [-0.39, 0.29) is 5.97 Å². The fourth-order valence-corrected chi connectivity index (χ4v) is 4.93. The van der Waals surface area contributed by atoms with Crippen LogP contribution in [0.1, 0.15) is 50.5 Å². The third-order valence-corrected chi connectivity index (χ3v) is 6.37. The number of fused-ring (bicyclic) bond motifs is 2. The molecular formula is C22H16N2O3S. The van der Waals surface area contributed by atoms with Crippen molar-refractivity contribution < 1.29 is 13.9 Å². The molecule has 0 saturated heterocycles. The molecule has 5 nitrogen and oxygen atoms in total. The molecule has 1 aromatic carbocycles. The van der Waals surface area contributed by atoms with Gasteiger partial charge in [-0.1, -0.05) is 6.07 Å². The van der Waals surface area contributed by atoms with Crippen LogP contribution < -0.4 is 0 Å². The van der Waals surface area contributed by atoms with Crippen molar-refractivity contribution >= 4 is 28.5 Å². The molecule has 0 fully saturated rings. The van der Waals surface area contributed by atoms with Crippen LogP contribution in [0.3, 0.4) is 0 Å². The fourth-order valence-electron chi connectivity index (χ4n) is 3.74. The van der Waals surface area contributed by atoms with E-state index in [1.807, 2.05) is 24.3 Å². The highest BCUT2D eigenvalue weighted by atomic mass is 32.1. The number of aliphatic imine (C=N–C) groups is 1. The van der Waals surface area contributed by atoms with Gasteiger partial charge in [0, 0.05) is 16.0 Å². The molecule has 5 rings (SSSR count). The van der Waals surface area contributed by atoms with Crippen molar-refractivity contribution in [2.24, 2.45) is 4.99 Å². The number of carbonyl (C=O) groups excluding carboxylic acids is 1. The standard InChI is InChI=1S/C22H16N2O3S/c23-10-18-17-3-1-2-4-20(17)28-21(18)24-11-15-6-8-19(27-15)13-5-7-16-14(9-13)12-26-22(16)25/h5-9,11H,1-4,12H2/b24-11+. The van der Waals surface area contributed by atoms with Gasteiger partial charge in [0.05, 0.1) is 17.3 Å². The van der Waals surface area contributed by atoms with Crippen LogP contribution in [0.5, 0.6) is 0 Å². The summed E-state index contributed by atoms with van der Waals surface area (Å²) < 4.78 is 10.9. The zero-order valence-corrected chi connectivity index (χ0v) is 15.8. The summed E-state index contributed by atoms with van der Waals surface area (Å²) in [7, 11) is 0. The molecule has 0 N–H and O–H groups in total. The topological polar surface area (TPSA) is 75.6 Å². The molecule has 0 saturated carbocycles. The first-order chi connectivity index (χ1) is 13.7. The number of nitrogens with zero attached hydrogens (tertiary/aromatic N) is 2. The molecule has 3 aromatic rings. The molecule has 1 aliphatic carbocycles. The molecule has 0 radical (unpaired) electrons. The second kappa shape index (κ2) is 6.77. The smallest absolute Gasteiger partial charge is 0.338 e. The van der Waals surface area contributed by atoms with Crippen molar-refractivity contribution in [1.82, 2.24) is 0 Å². The maximum absolute atomic E-state index is 11.6. The van der Waals surface area contributed by atoms with Crippen LogP contribution in [-0.4, -0.2) is 12.2 Å². The average Bonchev–Trinajstić information content (AvgIpc) is 3.43. The van der Waals surface area contributed by atoms with Crippen LogP contribution in [-0.2, 0) is 24.2 Å². The van der Waals surface area contributed by atoms with Crippen LogP contribution in [0.25, 0.3) is 11.3 Å². The second-order valence-corrected chi connectivity index (χ2v) is 7.99. The monoisotopic (exact) mass is 388 g/mol. The van der Waals surface area contributed by atoms with Gasteiger partial charge in [0.1, 0.15) is 29.2 Å². The minimum atomic E-state index is -0.277. The van der Waals surface area contributed by atoms with E-state index in [1.54, 1.807) is 23.6 Å². The zero-order valence-electron chi connectivity index (χ0n) is 15.0. The number of furan rings is 1. The average molecular weight is 388 g/mol. The Morgan fingerprint density at radius 3 is 2.96 bits per heavy atom. The van der Waals surface area contributed by atoms with Crippen LogP contribution in [0, 0.1) is 11.3 Å². The summed E-state index contributed by atoms with van der Waals surface area (Å²) in [5.41, 5.74) is 4.27. The van der Waals surface area contributed by atoms with Crippen LogP contribution in [0.2, 0.25) is 0 Å². The highest BCUT2D eigenvalue weighted by Crippen LogP contribution is 2.39. The van der Waals surface area contributed by atoms with Crippen molar-refractivity contribution in [3.05, 3.63) is 63.2 Å². The van der Waals surface area contributed by atoms with E-state index >= 15 is 0 Å². The molecule has 0 atom stereocenters. The Morgan fingerprint density at radius 2 is 2.07 bits per heavy atom. The molecule has 6 heteroatoms. The van der Waals surface area contributed by atoms with E-state index in [4.69, 9.17) is 9.15 Å². The summed E-state index contributed by atoms with van der Waals surface area (Å²) in [6.07, 6.45) is 6.00. The lowest BCUT2D eigenvalue weighted by Crippen LogP contribution is -1.99. The summed E-state index contributed by atoms with van der Waals surface area (Å²) in [4.78, 5) is 17.4. The van der Waals surface area contributed by atoms with E-state index in [1.165, 1.54) is 16.9 Å². The zero-order chi connectivity index (χ0) is 19.1. The van der Waals surface area contributed by atoms with Gasteiger partial charge >= 0.3 is 5.97 Å². The third-order valence-electron chi connectivity index (χ3n) is 5.17. The maximum atomic E-state index is 11.6. The molecule has 2 aromatic heterocycles. The van der Waals surface area contributed by atoms with Crippen molar-refractivity contribution in [1.29, 1.82) is 5.26 Å². The molecular weight excluding hydrogens is 372 g/mol. The van der Waals surface area contributed by atoms with E-state index < -0.39 is 0 Å². The van der Waals surface area contributed by atoms with Crippen LogP contribution >= 0.6 is 11.3 Å². The SMILES string of the molecule is N#Cc1c(/N=C/c2ccc(-c3ccc4c(c3)COC4=O)o2)sc2c1CCCC2. The Hall–Kier alpha value is -3.17. The predicted octanol–water partition coefficient (Wildman–Crippen LogP) is 5.18. The van der Waals surface area contributed by atoms with Crippen molar-refractivity contribution in [2.75, 3.05) is 0 Å². The summed E-state index contributed by atoms with van der Waals surface area (Å²) >= 11 is 1.61. The van der Waals surface area contributed by atoms with E-state index in [0.717, 1.165) is 35.4 Å². The predicted molar refractivity (Wildman–Crippen MR) is 106 cm³/mol. The maximum Gasteiger partial charge on any atom is 0.338 e. The third kappa shape index (κ3) is 2.85. The normalized spacial score (nSPS) is 15.3. The highest BCUT2D eigenvalue weighted by molar-refractivity contribution is 7.16. The lowest BCUT2D eigenvalue weighted by Gasteiger charge is -2.09. The number of carbonyl (C=O) groups is 1. The van der Waals surface area contributed by atoms with E-state index in [9.17, 15) is 10.1 Å². The quantitative estimate of drug-likeness (QED) is 0.458. The Balaban J connectivity index is 1.41. The summed E-state index contributed by atoms with van der Waals surface area (Å²) in [6, 6.07) is 11.6. The lowest BCUT2D eigenvalue weighted by atomic mass is 9.96. The molecule has 2 aliphatic rings. The van der Waals surface area contributed by atoms with Crippen molar-refractivity contribution in [3.63, 3.8) is 0 Å². The van der Waals surface area contributed by atoms with Gasteiger partial charge in [-0.25, -0.2) is 9.79 Å². The van der Waals surface area contributed by atoms with Crippen LogP contribution in [0.4, 0.5) is 5.00 Å². The van der Waals surface area contributed by atoms with Crippen molar-refractivity contribution in [2.45, 2.75) is 32.3 Å². The summed E-state index contributed by atoms with van der Waals surface area (Å²) in [5.74, 6) is 1.05. The molecule has 138 valence electrons. The Bertz CT molecular complexity index is 1160. The Morgan fingerprint density at radius 1 is 1.18 bits per heavy atom. The lowest BCUT2D eigenvalue weighted by molar-refractivity contribution is 0.0535. The van der Waals surface area contributed by atoms with Gasteiger partial charge in [0.2, 0.25) is 0 Å². The molecule has 0 bridgehead atoms. The van der Waals surface area contributed by atoms with Gasteiger partial charge in [-0.15, -0.1) is 11.3 Å². The number of hydrogen-bond donors (Lipinski definition) is 0. The number of hydrogen-bond acceptors (Lipinski definition) is 6. The molecule has 0 amide bonds. The van der Waals surface area contributed by atoms with Crippen molar-refractivity contribution in [3.8, 4) is 17.4 Å². The van der Waals surface area contributed by atoms with E-state index in [0.29, 0.717) is 29.3 Å². The number of ether oxygens (including phenoxy) is 1. The number of nitriles is 1. The number of thiophene rings is 1. The van der Waals surface area contributed by atoms with Gasteiger partial charge in [-0.05, 0) is 55.5 Å². The van der Waals surface area contributed by atoms with Gasteiger partial charge in [-0.3, -0.25) is 0 Å². The molecule has 3 heterocycles. The minimum absolute atomic E-state index is 0.277. The minimum Gasteiger partial charge on any atom is -0.457 e. The summed E-state index contributed by atoms with van der Waals surface area (Å²) in [6.45, 7) is 0.303. The summed E-state index contributed by atoms with van der Waals surface area (Å²) in [5, 5.41) is 10.3. The highest BCUT2D eigenvalue weighted by Gasteiger charge is 2.22. The van der Waals surface area contributed by atoms with E-state index in [2.05, 4.69) is 11.1 Å². The first-order valence-corrected chi connectivity index (χ1v) is 10.0. The van der Waals surface area contributed by atoms with Gasteiger partial charge < -0.3 is 9.15 Å². The number of aryl methyl sites for hydroxylation is 1. The Labute approximate surface area is 165 Å². The van der Waals surface area contributed by atoms with Gasteiger partial charge in [0.15, 0.2) is 0 Å². The van der Waals surface area contributed by atoms with Crippen LogP contribution in [0.15, 0.2) is 39.7 Å². The fraction of sp³-hybridized carbons (Fsp3) is 0.227. The number of rotatable bonds is 3. The van der Waals surface area contributed by atoms with Gasteiger partial charge in [0.25, 0.3) is 0 Å². The largest absolute Gasteiger partial charge is 0.457 e. The number of cyclic esters (lactones) is 1. The Kier molecular flexibility index (Phi) is 4.10. The van der Waals surface area contributed by atoms with Gasteiger partial charge in [-0.2, -0.15) is 5.26 Å². The number of esters is 1. The molecule has 1 aliphatic heterocycles. The molecule has 28 heavy (non-hydrogen) atoms. The first-order valence-electron chi connectivity index (χ1n) is 9.22. The number of benzene rings is 1. The first kappa shape index (κ1) is 17.0. The molecule has 0 unspecified atom stereocenters. The molecule has 0 spiro atoms. The second-order valence-electron chi connectivity index (χ2n) is 6.91.